The van der Waals surface area contributed by atoms with Crippen LogP contribution < -0.4 is 5.32 Å². The molecule has 6 heteroatoms. The van der Waals surface area contributed by atoms with Gasteiger partial charge in [-0.15, -0.1) is 0 Å². The quantitative estimate of drug-likeness (QED) is 0.809. The van der Waals surface area contributed by atoms with E-state index in [1.54, 1.807) is 30.3 Å². The zero-order chi connectivity index (χ0) is 14.3. The van der Waals surface area contributed by atoms with Gasteiger partial charge in [-0.25, -0.2) is 0 Å². The summed E-state index contributed by atoms with van der Waals surface area (Å²) in [5.74, 6) is -0.499. The predicted octanol–water partition coefficient (Wildman–Crippen LogP) is 3.37. The topological polar surface area (TPSA) is 38.3 Å². The van der Waals surface area contributed by atoms with E-state index in [4.69, 9.17) is 0 Å². The van der Waals surface area contributed by atoms with Crippen molar-refractivity contribution in [2.45, 2.75) is 31.5 Å². The molecular weight excluding hydrogens is 259 g/mol. The molecule has 0 amide bonds. The van der Waals surface area contributed by atoms with Crippen LogP contribution in [-0.4, -0.2) is 25.3 Å². The highest BCUT2D eigenvalue weighted by Gasteiger charge is 2.39. The largest absolute Gasteiger partial charge is 0.469 e. The van der Waals surface area contributed by atoms with E-state index in [2.05, 4.69) is 10.1 Å². The molecule has 1 aromatic carbocycles. The maximum Gasteiger partial charge on any atom is 0.408 e. The van der Waals surface area contributed by atoms with Crippen molar-refractivity contribution in [2.24, 2.45) is 0 Å². The number of esters is 1. The Morgan fingerprint density at radius 2 is 1.95 bits per heavy atom. The Kier molecular flexibility index (Phi) is 5.66. The van der Waals surface area contributed by atoms with Gasteiger partial charge in [-0.2, -0.15) is 13.2 Å². The van der Waals surface area contributed by atoms with Crippen molar-refractivity contribution in [3.63, 3.8) is 0 Å². The normalized spacial score (nSPS) is 12.8. The lowest BCUT2D eigenvalue weighted by atomic mass is 10.1. The Bertz CT molecular complexity index is 393. The fourth-order valence-corrected chi connectivity index (χ4v) is 1.61. The third kappa shape index (κ3) is 5.63. The molecule has 0 spiro atoms. The number of carbonyl (C=O) groups is 1. The molecule has 1 N–H and O–H groups in total. The van der Waals surface area contributed by atoms with Gasteiger partial charge in [0.05, 0.1) is 7.11 Å². The first kappa shape index (κ1) is 15.3. The Morgan fingerprint density at radius 3 is 2.47 bits per heavy atom. The van der Waals surface area contributed by atoms with Gasteiger partial charge in [0.2, 0.25) is 0 Å². The van der Waals surface area contributed by atoms with Crippen molar-refractivity contribution in [2.75, 3.05) is 12.4 Å². The molecule has 0 radical (unpaired) electrons. The number of hydrogen-bond acceptors (Lipinski definition) is 3. The number of nitrogens with one attached hydrogen (secondary N) is 1. The Morgan fingerprint density at radius 1 is 1.32 bits per heavy atom. The molecular formula is C13H16F3NO2. The molecule has 3 nitrogen and oxygen atoms in total. The molecule has 0 saturated heterocycles. The van der Waals surface area contributed by atoms with E-state index >= 15 is 0 Å². The van der Waals surface area contributed by atoms with Gasteiger partial charge in [-0.05, 0) is 25.0 Å². The second-order valence-electron chi connectivity index (χ2n) is 4.07. The molecule has 0 aliphatic carbocycles. The summed E-state index contributed by atoms with van der Waals surface area (Å²) in [6.07, 6.45) is -4.42. The molecule has 1 rings (SSSR count). The number of ether oxygens (including phenoxy) is 1. The second-order valence-corrected chi connectivity index (χ2v) is 4.07. The molecule has 0 fully saturated rings. The molecule has 19 heavy (non-hydrogen) atoms. The van der Waals surface area contributed by atoms with Crippen LogP contribution >= 0.6 is 0 Å². The summed E-state index contributed by atoms with van der Waals surface area (Å²) < 4.78 is 42.9. The van der Waals surface area contributed by atoms with Crippen molar-refractivity contribution in [1.29, 1.82) is 0 Å². The molecule has 1 aromatic rings. The van der Waals surface area contributed by atoms with Crippen LogP contribution in [0.4, 0.5) is 18.9 Å². The number of methoxy groups -OCH3 is 1. The maximum atomic E-state index is 12.8. The third-order valence-electron chi connectivity index (χ3n) is 2.61. The molecule has 0 aliphatic heterocycles. The zero-order valence-corrected chi connectivity index (χ0v) is 10.5. The summed E-state index contributed by atoms with van der Waals surface area (Å²) in [6.45, 7) is 0. The summed E-state index contributed by atoms with van der Waals surface area (Å²) >= 11 is 0. The van der Waals surface area contributed by atoms with Crippen molar-refractivity contribution >= 4 is 11.7 Å². The number of alkyl halides is 3. The Labute approximate surface area is 109 Å². The predicted molar refractivity (Wildman–Crippen MR) is 65.8 cm³/mol. The molecule has 0 aliphatic rings. The summed E-state index contributed by atoms with van der Waals surface area (Å²) in [7, 11) is 1.21. The van der Waals surface area contributed by atoms with Gasteiger partial charge in [0.1, 0.15) is 6.04 Å². The maximum absolute atomic E-state index is 12.8. The van der Waals surface area contributed by atoms with E-state index in [9.17, 15) is 18.0 Å². The number of rotatable bonds is 6. The van der Waals surface area contributed by atoms with Crippen molar-refractivity contribution in [1.82, 2.24) is 0 Å². The molecule has 1 atom stereocenters. The highest BCUT2D eigenvalue weighted by molar-refractivity contribution is 5.69. The highest BCUT2D eigenvalue weighted by atomic mass is 19.4. The van der Waals surface area contributed by atoms with E-state index < -0.39 is 18.2 Å². The molecule has 0 aromatic heterocycles. The molecule has 0 bridgehead atoms. The lowest BCUT2D eigenvalue weighted by Gasteiger charge is -2.22. The van der Waals surface area contributed by atoms with Crippen LogP contribution in [0.5, 0.6) is 0 Å². The van der Waals surface area contributed by atoms with E-state index in [1.165, 1.54) is 7.11 Å². The smallest absolute Gasteiger partial charge is 0.408 e. The van der Waals surface area contributed by atoms with Crippen LogP contribution in [0.25, 0.3) is 0 Å². The van der Waals surface area contributed by atoms with Crippen LogP contribution in [0.3, 0.4) is 0 Å². The van der Waals surface area contributed by atoms with Gasteiger partial charge in [0, 0.05) is 12.1 Å². The fourth-order valence-electron chi connectivity index (χ4n) is 1.61. The first-order valence-electron chi connectivity index (χ1n) is 5.88. The van der Waals surface area contributed by atoms with Gasteiger partial charge in [0.25, 0.3) is 0 Å². The monoisotopic (exact) mass is 275 g/mol. The summed E-state index contributed by atoms with van der Waals surface area (Å²) in [4.78, 5) is 10.9. The number of hydrogen-bond donors (Lipinski definition) is 1. The zero-order valence-electron chi connectivity index (χ0n) is 10.5. The minimum Gasteiger partial charge on any atom is -0.469 e. The fraction of sp³-hybridized carbons (Fsp3) is 0.462. The van der Waals surface area contributed by atoms with Crippen LogP contribution in [0.2, 0.25) is 0 Å². The number of carbonyl (C=O) groups excluding carboxylic acids is 1. The average Bonchev–Trinajstić information content (AvgIpc) is 2.37. The third-order valence-corrected chi connectivity index (χ3v) is 2.61. The summed E-state index contributed by atoms with van der Waals surface area (Å²) in [5.41, 5.74) is 0.405. The molecule has 106 valence electrons. The first-order valence-corrected chi connectivity index (χ1v) is 5.88. The molecule has 0 heterocycles. The second kappa shape index (κ2) is 7.01. The number of halogens is 3. The van der Waals surface area contributed by atoms with E-state index in [1.807, 2.05) is 0 Å². The van der Waals surface area contributed by atoms with Crippen molar-refractivity contribution < 1.29 is 22.7 Å². The van der Waals surface area contributed by atoms with Crippen LogP contribution in [0.1, 0.15) is 19.3 Å². The van der Waals surface area contributed by atoms with Crippen molar-refractivity contribution in [3.05, 3.63) is 30.3 Å². The minimum atomic E-state index is -4.36. The summed E-state index contributed by atoms with van der Waals surface area (Å²) in [6, 6.07) is 6.51. The molecule has 1 unspecified atom stereocenters. The first-order chi connectivity index (χ1) is 8.93. The average molecular weight is 275 g/mol. The van der Waals surface area contributed by atoms with Gasteiger partial charge in [0.15, 0.2) is 0 Å². The standard InChI is InChI=1S/C13H16F3NO2/c1-19-12(18)9-5-8-11(13(14,15)16)17-10-6-3-2-4-7-10/h2-4,6-7,11,17H,5,8-9H2,1H3. The number of benzene rings is 1. The molecule has 0 saturated carbocycles. The van der Waals surface area contributed by atoms with Crippen molar-refractivity contribution in [3.8, 4) is 0 Å². The van der Waals surface area contributed by atoms with Crippen LogP contribution in [-0.2, 0) is 9.53 Å². The van der Waals surface area contributed by atoms with E-state index in [0.717, 1.165) is 0 Å². The van der Waals surface area contributed by atoms with E-state index in [0.29, 0.717) is 5.69 Å². The summed E-state index contributed by atoms with van der Waals surface area (Å²) in [5, 5.41) is 2.43. The van der Waals surface area contributed by atoms with Gasteiger partial charge in [-0.3, -0.25) is 4.79 Å². The minimum absolute atomic E-state index is 0.0143. The van der Waals surface area contributed by atoms with Crippen LogP contribution in [0, 0.1) is 0 Å². The lowest BCUT2D eigenvalue weighted by Crippen LogP contribution is -2.36. The van der Waals surface area contributed by atoms with Crippen LogP contribution in [0.15, 0.2) is 30.3 Å². The van der Waals surface area contributed by atoms with Gasteiger partial charge < -0.3 is 10.1 Å². The highest BCUT2D eigenvalue weighted by Crippen LogP contribution is 2.27. The number of anilines is 1. The Balaban J connectivity index is 2.56. The van der Waals surface area contributed by atoms with Gasteiger partial charge in [-0.1, -0.05) is 18.2 Å². The van der Waals surface area contributed by atoms with E-state index in [-0.39, 0.29) is 19.3 Å². The van der Waals surface area contributed by atoms with Gasteiger partial charge >= 0.3 is 12.1 Å². The Hall–Kier alpha value is -1.72. The lowest BCUT2D eigenvalue weighted by molar-refractivity contribution is -0.147. The number of para-hydroxylation sites is 1. The SMILES string of the molecule is COC(=O)CCCC(Nc1ccccc1)C(F)(F)F.